The monoisotopic (exact) mass is 258 g/mol. The first-order valence-electron chi connectivity index (χ1n) is 5.13. The Balaban J connectivity index is 2.19. The number of hydrogen-bond donors (Lipinski definition) is 1. The first-order valence-corrected chi connectivity index (χ1v) is 5.88. The Labute approximate surface area is 104 Å². The van der Waals surface area contributed by atoms with E-state index in [0.29, 0.717) is 15.6 Å². The molecule has 1 fully saturated rings. The molecular formula is C11H12Cl2N2O. The Kier molecular flexibility index (Phi) is 3.69. The summed E-state index contributed by atoms with van der Waals surface area (Å²) in [6.45, 7) is 3.12. The van der Waals surface area contributed by atoms with Crippen LogP contribution in [0.3, 0.4) is 0 Å². The van der Waals surface area contributed by atoms with Crippen LogP contribution in [0.25, 0.3) is 0 Å². The molecule has 1 aromatic carbocycles. The highest BCUT2D eigenvalue weighted by Crippen LogP contribution is 2.20. The third kappa shape index (κ3) is 2.67. The van der Waals surface area contributed by atoms with Gasteiger partial charge in [-0.1, -0.05) is 23.2 Å². The van der Waals surface area contributed by atoms with Crippen molar-refractivity contribution in [3.63, 3.8) is 0 Å². The van der Waals surface area contributed by atoms with Crippen LogP contribution in [0.1, 0.15) is 10.4 Å². The fourth-order valence-corrected chi connectivity index (χ4v) is 2.25. The largest absolute Gasteiger partial charge is 0.336 e. The third-order valence-corrected chi connectivity index (χ3v) is 2.95. The van der Waals surface area contributed by atoms with Gasteiger partial charge in [0.15, 0.2) is 0 Å². The van der Waals surface area contributed by atoms with E-state index in [1.165, 1.54) is 0 Å². The quantitative estimate of drug-likeness (QED) is 0.837. The van der Waals surface area contributed by atoms with Crippen molar-refractivity contribution >= 4 is 29.1 Å². The Morgan fingerprint density at radius 3 is 2.25 bits per heavy atom. The van der Waals surface area contributed by atoms with E-state index in [1.54, 1.807) is 23.1 Å². The van der Waals surface area contributed by atoms with Gasteiger partial charge in [-0.2, -0.15) is 0 Å². The molecule has 0 spiro atoms. The molecule has 0 radical (unpaired) electrons. The van der Waals surface area contributed by atoms with Crippen molar-refractivity contribution in [2.75, 3.05) is 26.2 Å². The summed E-state index contributed by atoms with van der Waals surface area (Å²) < 4.78 is 0. The number of hydrogen-bond acceptors (Lipinski definition) is 2. The van der Waals surface area contributed by atoms with Gasteiger partial charge in [-0.05, 0) is 18.2 Å². The molecule has 1 aromatic rings. The van der Waals surface area contributed by atoms with Gasteiger partial charge < -0.3 is 10.2 Å². The number of nitrogens with zero attached hydrogens (tertiary/aromatic N) is 1. The Bertz CT molecular complexity index is 383. The minimum absolute atomic E-state index is 0.00843. The van der Waals surface area contributed by atoms with Gasteiger partial charge in [0.25, 0.3) is 5.91 Å². The molecule has 1 saturated heterocycles. The highest BCUT2D eigenvalue weighted by atomic mass is 35.5. The van der Waals surface area contributed by atoms with Crippen molar-refractivity contribution in [2.24, 2.45) is 0 Å². The lowest BCUT2D eigenvalue weighted by molar-refractivity contribution is 0.0736. The number of halogens is 2. The summed E-state index contributed by atoms with van der Waals surface area (Å²) in [5, 5.41) is 4.18. The van der Waals surface area contributed by atoms with E-state index in [2.05, 4.69) is 5.32 Å². The van der Waals surface area contributed by atoms with E-state index in [0.717, 1.165) is 26.2 Å². The summed E-state index contributed by atoms with van der Waals surface area (Å²) in [6.07, 6.45) is 0. The van der Waals surface area contributed by atoms with Gasteiger partial charge in [0.2, 0.25) is 0 Å². The van der Waals surface area contributed by atoms with Crippen molar-refractivity contribution in [2.45, 2.75) is 0 Å². The second-order valence-electron chi connectivity index (χ2n) is 3.70. The van der Waals surface area contributed by atoms with Crippen molar-refractivity contribution in [3.8, 4) is 0 Å². The first kappa shape index (κ1) is 11.7. The van der Waals surface area contributed by atoms with Crippen LogP contribution < -0.4 is 5.32 Å². The average Bonchev–Trinajstić information content (AvgIpc) is 2.28. The van der Waals surface area contributed by atoms with Crippen LogP contribution in [-0.4, -0.2) is 37.0 Å². The van der Waals surface area contributed by atoms with Crippen LogP contribution in [0.4, 0.5) is 0 Å². The molecule has 1 aliphatic heterocycles. The maximum absolute atomic E-state index is 12.1. The summed E-state index contributed by atoms with van der Waals surface area (Å²) >= 11 is 11.7. The molecule has 0 aromatic heterocycles. The second-order valence-corrected chi connectivity index (χ2v) is 4.57. The average molecular weight is 259 g/mol. The highest BCUT2D eigenvalue weighted by Gasteiger charge is 2.18. The molecule has 0 saturated carbocycles. The lowest BCUT2D eigenvalue weighted by atomic mass is 10.2. The molecule has 5 heteroatoms. The van der Waals surface area contributed by atoms with Gasteiger partial charge in [0, 0.05) is 41.8 Å². The standard InChI is InChI=1S/C11H12Cl2N2O/c12-9-5-8(6-10(13)7-9)11(16)15-3-1-14-2-4-15/h5-7,14H,1-4H2. The molecule has 3 nitrogen and oxygen atoms in total. The molecule has 0 bridgehead atoms. The fourth-order valence-electron chi connectivity index (χ4n) is 1.73. The molecule has 0 unspecified atom stereocenters. The maximum Gasteiger partial charge on any atom is 0.254 e. The molecule has 0 atom stereocenters. The van der Waals surface area contributed by atoms with Crippen LogP contribution in [0, 0.1) is 0 Å². The Morgan fingerprint density at radius 2 is 1.69 bits per heavy atom. The molecule has 1 N–H and O–H groups in total. The normalized spacial score (nSPS) is 16.2. The van der Waals surface area contributed by atoms with E-state index in [9.17, 15) is 4.79 Å². The Hall–Kier alpha value is -0.770. The summed E-state index contributed by atoms with van der Waals surface area (Å²) in [7, 11) is 0. The molecule has 0 aliphatic carbocycles. The minimum Gasteiger partial charge on any atom is -0.336 e. The second kappa shape index (κ2) is 5.04. The predicted molar refractivity (Wildman–Crippen MR) is 65.2 cm³/mol. The van der Waals surface area contributed by atoms with Crippen molar-refractivity contribution < 1.29 is 4.79 Å². The third-order valence-electron chi connectivity index (χ3n) is 2.51. The van der Waals surface area contributed by atoms with E-state index < -0.39 is 0 Å². The van der Waals surface area contributed by atoms with Crippen molar-refractivity contribution in [1.82, 2.24) is 10.2 Å². The van der Waals surface area contributed by atoms with Crippen molar-refractivity contribution in [3.05, 3.63) is 33.8 Å². The van der Waals surface area contributed by atoms with E-state index >= 15 is 0 Å². The topological polar surface area (TPSA) is 32.3 Å². The van der Waals surface area contributed by atoms with Crippen LogP contribution in [0.15, 0.2) is 18.2 Å². The number of amides is 1. The number of piperazine rings is 1. The molecule has 16 heavy (non-hydrogen) atoms. The molecule has 1 heterocycles. The van der Waals surface area contributed by atoms with Gasteiger partial charge in [-0.25, -0.2) is 0 Å². The van der Waals surface area contributed by atoms with Crippen LogP contribution >= 0.6 is 23.2 Å². The van der Waals surface area contributed by atoms with E-state index in [1.807, 2.05) is 0 Å². The van der Waals surface area contributed by atoms with E-state index in [-0.39, 0.29) is 5.91 Å². The molecule has 86 valence electrons. The van der Waals surface area contributed by atoms with E-state index in [4.69, 9.17) is 23.2 Å². The summed E-state index contributed by atoms with van der Waals surface area (Å²) in [4.78, 5) is 13.9. The van der Waals surface area contributed by atoms with Gasteiger partial charge in [-0.3, -0.25) is 4.79 Å². The zero-order chi connectivity index (χ0) is 11.5. The molecular weight excluding hydrogens is 247 g/mol. The Morgan fingerprint density at radius 1 is 1.12 bits per heavy atom. The molecule has 1 aliphatic rings. The maximum atomic E-state index is 12.1. The van der Waals surface area contributed by atoms with Crippen LogP contribution in [-0.2, 0) is 0 Å². The lowest BCUT2D eigenvalue weighted by Gasteiger charge is -2.27. The van der Waals surface area contributed by atoms with Gasteiger partial charge >= 0.3 is 0 Å². The first-order chi connectivity index (χ1) is 7.66. The molecule has 1 amide bonds. The van der Waals surface area contributed by atoms with Gasteiger partial charge in [0.05, 0.1) is 0 Å². The number of benzene rings is 1. The SMILES string of the molecule is O=C(c1cc(Cl)cc(Cl)c1)N1CCNCC1. The summed E-state index contributed by atoms with van der Waals surface area (Å²) in [5.74, 6) is -0.00843. The van der Waals surface area contributed by atoms with Gasteiger partial charge in [0.1, 0.15) is 0 Å². The van der Waals surface area contributed by atoms with Crippen LogP contribution in [0.2, 0.25) is 10.0 Å². The summed E-state index contributed by atoms with van der Waals surface area (Å²) in [5.41, 5.74) is 0.555. The number of carbonyl (C=O) groups excluding carboxylic acids is 1. The number of rotatable bonds is 1. The number of nitrogens with one attached hydrogen (secondary N) is 1. The van der Waals surface area contributed by atoms with Gasteiger partial charge in [-0.15, -0.1) is 0 Å². The molecule has 2 rings (SSSR count). The summed E-state index contributed by atoms with van der Waals surface area (Å²) in [6, 6.07) is 4.92. The van der Waals surface area contributed by atoms with Crippen LogP contribution in [0.5, 0.6) is 0 Å². The minimum atomic E-state index is -0.00843. The highest BCUT2D eigenvalue weighted by molar-refractivity contribution is 6.35. The van der Waals surface area contributed by atoms with Crippen molar-refractivity contribution in [1.29, 1.82) is 0 Å². The fraction of sp³-hybridized carbons (Fsp3) is 0.364. The zero-order valence-corrected chi connectivity index (χ0v) is 10.2. The zero-order valence-electron chi connectivity index (χ0n) is 8.67. The smallest absolute Gasteiger partial charge is 0.254 e. The lowest BCUT2D eigenvalue weighted by Crippen LogP contribution is -2.46. The predicted octanol–water partition coefficient (Wildman–Crippen LogP) is 2.04. The number of carbonyl (C=O) groups is 1.